The minimum atomic E-state index is -0.174. The normalized spacial score (nSPS) is 13.9. The van der Waals surface area contributed by atoms with Crippen molar-refractivity contribution in [1.82, 2.24) is 14.8 Å². The van der Waals surface area contributed by atoms with Gasteiger partial charge >= 0.3 is 0 Å². The molecular weight excluding hydrogens is 378 g/mol. The van der Waals surface area contributed by atoms with Crippen molar-refractivity contribution in [2.24, 2.45) is 7.05 Å². The zero-order chi connectivity index (χ0) is 19.5. The number of carbonyl (C=O) groups is 2. The number of carbonyl (C=O) groups excluding carboxylic acids is 2. The van der Waals surface area contributed by atoms with Crippen LogP contribution in [0.4, 0.5) is 11.4 Å². The van der Waals surface area contributed by atoms with Crippen molar-refractivity contribution >= 4 is 35.0 Å². The van der Waals surface area contributed by atoms with Gasteiger partial charge in [-0.2, -0.15) is 0 Å². The first-order valence-electron chi connectivity index (χ1n) is 8.89. The van der Waals surface area contributed by atoms with Gasteiger partial charge < -0.3 is 19.2 Å². The molecule has 1 N–H and O–H groups in total. The molecule has 0 saturated carbocycles. The zero-order valence-electron chi connectivity index (χ0n) is 15.3. The summed E-state index contributed by atoms with van der Waals surface area (Å²) in [4.78, 5) is 26.2. The topological polar surface area (TPSA) is 93.3 Å². The highest BCUT2D eigenvalue weighted by Gasteiger charge is 2.24. The van der Waals surface area contributed by atoms with Gasteiger partial charge in [0.2, 0.25) is 11.8 Å². The molecule has 0 aliphatic carbocycles. The molecule has 1 saturated heterocycles. The molecule has 0 atom stereocenters. The molecule has 0 spiro atoms. The molecule has 1 aliphatic heterocycles. The number of hydrogen-bond acceptors (Lipinski definition) is 6. The maximum Gasteiger partial charge on any atom is 0.234 e. The van der Waals surface area contributed by atoms with E-state index in [4.69, 9.17) is 4.42 Å². The van der Waals surface area contributed by atoms with Crippen LogP contribution in [0.15, 0.2) is 52.2 Å². The van der Waals surface area contributed by atoms with Gasteiger partial charge in [-0.1, -0.05) is 23.9 Å². The van der Waals surface area contributed by atoms with Crippen molar-refractivity contribution < 1.29 is 14.0 Å². The third-order valence-electron chi connectivity index (χ3n) is 4.45. The predicted octanol–water partition coefficient (Wildman–Crippen LogP) is 2.93. The summed E-state index contributed by atoms with van der Waals surface area (Å²) >= 11 is 1.29. The molecule has 1 aromatic carbocycles. The fourth-order valence-electron chi connectivity index (χ4n) is 3.09. The Morgan fingerprint density at radius 1 is 1.25 bits per heavy atom. The van der Waals surface area contributed by atoms with E-state index in [0.29, 0.717) is 35.4 Å². The van der Waals surface area contributed by atoms with Crippen molar-refractivity contribution in [2.45, 2.75) is 18.0 Å². The number of hydrogen-bond donors (Lipinski definition) is 1. The number of anilines is 2. The highest BCUT2D eigenvalue weighted by molar-refractivity contribution is 7.99. The summed E-state index contributed by atoms with van der Waals surface area (Å²) < 4.78 is 7.13. The summed E-state index contributed by atoms with van der Waals surface area (Å²) in [5.74, 6) is 1.31. The summed E-state index contributed by atoms with van der Waals surface area (Å²) in [6.07, 6.45) is 2.95. The average Bonchev–Trinajstić information content (AvgIpc) is 3.42. The lowest BCUT2D eigenvalue weighted by molar-refractivity contribution is -0.117. The largest absolute Gasteiger partial charge is 0.461 e. The van der Waals surface area contributed by atoms with E-state index in [1.165, 1.54) is 11.8 Å². The Labute approximate surface area is 165 Å². The van der Waals surface area contributed by atoms with Gasteiger partial charge in [0.1, 0.15) is 0 Å². The van der Waals surface area contributed by atoms with Crippen LogP contribution in [-0.4, -0.2) is 38.9 Å². The highest BCUT2D eigenvalue weighted by Crippen LogP contribution is 2.30. The van der Waals surface area contributed by atoms with E-state index in [1.54, 1.807) is 27.9 Å². The van der Waals surface area contributed by atoms with Crippen LogP contribution >= 0.6 is 11.8 Å². The SMILES string of the molecule is Cn1c(SCC(=O)Nc2ccccc2N2CCCC2=O)nnc1-c1ccco1. The minimum absolute atomic E-state index is 0.0839. The van der Waals surface area contributed by atoms with Crippen molar-refractivity contribution in [1.29, 1.82) is 0 Å². The fourth-order valence-corrected chi connectivity index (χ4v) is 3.81. The van der Waals surface area contributed by atoms with Crippen molar-refractivity contribution in [3.8, 4) is 11.6 Å². The Bertz CT molecular complexity index is 999. The van der Waals surface area contributed by atoms with Crippen LogP contribution in [0.3, 0.4) is 0 Å². The highest BCUT2D eigenvalue weighted by atomic mass is 32.2. The number of para-hydroxylation sites is 2. The summed E-state index contributed by atoms with van der Waals surface area (Å²) in [7, 11) is 1.83. The molecule has 2 amide bonds. The standard InChI is InChI=1S/C19H19N5O3S/c1-23-18(15-8-5-11-27-15)21-22-19(23)28-12-16(25)20-13-6-2-3-7-14(13)24-10-4-9-17(24)26/h2-3,5-8,11H,4,9-10,12H2,1H3,(H,20,25). The Balaban J connectivity index is 1.42. The Morgan fingerprint density at radius 2 is 2.11 bits per heavy atom. The Morgan fingerprint density at radius 3 is 2.86 bits per heavy atom. The van der Waals surface area contributed by atoms with Gasteiger partial charge in [-0.3, -0.25) is 9.59 Å². The lowest BCUT2D eigenvalue weighted by Crippen LogP contribution is -2.26. The molecule has 3 heterocycles. The van der Waals surface area contributed by atoms with E-state index in [9.17, 15) is 9.59 Å². The molecule has 8 nitrogen and oxygen atoms in total. The molecule has 0 radical (unpaired) electrons. The molecule has 4 rings (SSSR count). The quantitative estimate of drug-likeness (QED) is 0.643. The lowest BCUT2D eigenvalue weighted by atomic mass is 10.2. The summed E-state index contributed by atoms with van der Waals surface area (Å²) in [6.45, 7) is 0.676. The molecular formula is C19H19N5O3S. The van der Waals surface area contributed by atoms with Crippen LogP contribution in [0, 0.1) is 0 Å². The van der Waals surface area contributed by atoms with E-state index in [1.807, 2.05) is 31.3 Å². The first-order valence-corrected chi connectivity index (χ1v) is 9.87. The minimum Gasteiger partial charge on any atom is -0.461 e. The number of rotatable bonds is 6. The van der Waals surface area contributed by atoms with Gasteiger partial charge in [0.25, 0.3) is 0 Å². The number of aromatic nitrogens is 3. The van der Waals surface area contributed by atoms with Crippen molar-refractivity contribution in [3.05, 3.63) is 42.7 Å². The molecule has 0 unspecified atom stereocenters. The van der Waals surface area contributed by atoms with Gasteiger partial charge in [0.15, 0.2) is 16.7 Å². The fraction of sp³-hybridized carbons (Fsp3) is 0.263. The van der Waals surface area contributed by atoms with Gasteiger partial charge in [0, 0.05) is 20.0 Å². The third-order valence-corrected chi connectivity index (χ3v) is 5.47. The maximum absolute atomic E-state index is 12.5. The molecule has 0 bridgehead atoms. The Kier molecular flexibility index (Phi) is 5.16. The number of thioether (sulfide) groups is 1. The zero-order valence-corrected chi connectivity index (χ0v) is 16.1. The molecule has 144 valence electrons. The van der Waals surface area contributed by atoms with E-state index in [2.05, 4.69) is 15.5 Å². The van der Waals surface area contributed by atoms with Gasteiger partial charge in [-0.15, -0.1) is 10.2 Å². The molecule has 3 aromatic rings. The molecule has 28 heavy (non-hydrogen) atoms. The average molecular weight is 397 g/mol. The monoisotopic (exact) mass is 397 g/mol. The van der Waals surface area contributed by atoms with Gasteiger partial charge in [-0.25, -0.2) is 0 Å². The second-order valence-corrected chi connectivity index (χ2v) is 7.29. The van der Waals surface area contributed by atoms with Crippen LogP contribution < -0.4 is 10.2 Å². The van der Waals surface area contributed by atoms with Crippen LogP contribution in [0.2, 0.25) is 0 Å². The molecule has 1 aliphatic rings. The van der Waals surface area contributed by atoms with E-state index in [-0.39, 0.29) is 17.6 Å². The van der Waals surface area contributed by atoms with Gasteiger partial charge in [0.05, 0.1) is 23.4 Å². The van der Waals surface area contributed by atoms with Crippen molar-refractivity contribution in [3.63, 3.8) is 0 Å². The molecule has 2 aromatic heterocycles. The van der Waals surface area contributed by atoms with Gasteiger partial charge in [-0.05, 0) is 30.7 Å². The first kappa shape index (κ1) is 18.3. The first-order chi connectivity index (χ1) is 13.6. The van der Waals surface area contributed by atoms with E-state index >= 15 is 0 Å². The lowest BCUT2D eigenvalue weighted by Gasteiger charge is -2.19. The van der Waals surface area contributed by atoms with E-state index in [0.717, 1.165) is 12.1 Å². The summed E-state index contributed by atoms with van der Waals surface area (Å²) in [5, 5.41) is 11.8. The number of furan rings is 1. The Hall–Kier alpha value is -3.07. The predicted molar refractivity (Wildman–Crippen MR) is 106 cm³/mol. The third kappa shape index (κ3) is 3.65. The van der Waals surface area contributed by atoms with Crippen LogP contribution in [0.5, 0.6) is 0 Å². The van der Waals surface area contributed by atoms with Crippen LogP contribution in [-0.2, 0) is 16.6 Å². The number of amides is 2. The molecule has 1 fully saturated rings. The number of nitrogens with one attached hydrogen (secondary N) is 1. The summed E-state index contributed by atoms with van der Waals surface area (Å²) in [5.41, 5.74) is 1.37. The maximum atomic E-state index is 12.5. The second kappa shape index (κ2) is 7.89. The van der Waals surface area contributed by atoms with Crippen LogP contribution in [0.25, 0.3) is 11.6 Å². The van der Waals surface area contributed by atoms with E-state index < -0.39 is 0 Å². The second-order valence-electron chi connectivity index (χ2n) is 6.35. The molecule has 9 heteroatoms. The number of benzene rings is 1. The van der Waals surface area contributed by atoms with Crippen LogP contribution in [0.1, 0.15) is 12.8 Å². The van der Waals surface area contributed by atoms with Crippen molar-refractivity contribution in [2.75, 3.05) is 22.5 Å². The summed E-state index contributed by atoms with van der Waals surface area (Å²) in [6, 6.07) is 11.0. The smallest absolute Gasteiger partial charge is 0.234 e. The number of nitrogens with zero attached hydrogens (tertiary/aromatic N) is 4.